The molecule has 1 saturated heterocycles. The van der Waals surface area contributed by atoms with E-state index in [-0.39, 0.29) is 0 Å². The van der Waals surface area contributed by atoms with Crippen molar-refractivity contribution in [2.24, 2.45) is 0 Å². The topological polar surface area (TPSA) is 27.7 Å². The lowest BCUT2D eigenvalue weighted by molar-refractivity contribution is 0.00578. The average Bonchev–Trinajstić information content (AvgIpc) is 2.77. The van der Waals surface area contributed by atoms with Crippen LogP contribution in [0.2, 0.25) is 10.0 Å². The summed E-state index contributed by atoms with van der Waals surface area (Å²) in [4.78, 5) is 0. The summed E-state index contributed by atoms with van der Waals surface area (Å²) in [5, 5.41) is 1.25. The SMILES string of the molecule is Cc1ccc(OCc2cc(Cl)ccc2Cl)c(B2OC(C)(C)C(C)(C)O2)c1. The normalized spacial score (nSPS) is 18.2. The molecular formula is C20H23BCl2O3. The van der Waals surface area contributed by atoms with E-state index in [1.807, 2.05) is 58.9 Å². The lowest BCUT2D eigenvalue weighted by Gasteiger charge is -2.32. The average molecular weight is 393 g/mol. The Hall–Kier alpha value is -1.20. The zero-order valence-electron chi connectivity index (χ0n) is 15.7. The maximum absolute atomic E-state index is 6.24. The Morgan fingerprint density at radius 2 is 1.62 bits per heavy atom. The van der Waals surface area contributed by atoms with E-state index in [0.29, 0.717) is 22.4 Å². The van der Waals surface area contributed by atoms with Crippen molar-refractivity contribution in [3.05, 3.63) is 57.6 Å². The van der Waals surface area contributed by atoms with E-state index >= 15 is 0 Å². The first kappa shape index (κ1) is 19.6. The highest BCUT2D eigenvalue weighted by Crippen LogP contribution is 2.37. The molecule has 6 heteroatoms. The van der Waals surface area contributed by atoms with Gasteiger partial charge in [0, 0.05) is 21.1 Å². The van der Waals surface area contributed by atoms with Gasteiger partial charge in [0.2, 0.25) is 0 Å². The van der Waals surface area contributed by atoms with Gasteiger partial charge in [-0.2, -0.15) is 0 Å². The van der Waals surface area contributed by atoms with E-state index < -0.39 is 18.3 Å². The molecule has 1 aliphatic heterocycles. The fourth-order valence-corrected chi connectivity index (χ4v) is 3.13. The van der Waals surface area contributed by atoms with Gasteiger partial charge in [-0.05, 0) is 58.9 Å². The maximum Gasteiger partial charge on any atom is 0.498 e. The molecule has 26 heavy (non-hydrogen) atoms. The van der Waals surface area contributed by atoms with Crippen molar-refractivity contribution in [2.75, 3.05) is 0 Å². The maximum atomic E-state index is 6.24. The largest absolute Gasteiger partial charge is 0.498 e. The van der Waals surface area contributed by atoms with E-state index in [2.05, 4.69) is 0 Å². The van der Waals surface area contributed by atoms with Crippen molar-refractivity contribution in [3.63, 3.8) is 0 Å². The van der Waals surface area contributed by atoms with Crippen LogP contribution in [0.3, 0.4) is 0 Å². The monoisotopic (exact) mass is 392 g/mol. The third-order valence-corrected chi connectivity index (χ3v) is 5.67. The molecule has 0 bridgehead atoms. The summed E-state index contributed by atoms with van der Waals surface area (Å²) >= 11 is 12.3. The van der Waals surface area contributed by atoms with Gasteiger partial charge in [0.1, 0.15) is 12.4 Å². The van der Waals surface area contributed by atoms with Crippen molar-refractivity contribution in [1.82, 2.24) is 0 Å². The first-order chi connectivity index (χ1) is 12.1. The van der Waals surface area contributed by atoms with Gasteiger partial charge in [-0.15, -0.1) is 0 Å². The molecule has 0 aromatic heterocycles. The lowest BCUT2D eigenvalue weighted by atomic mass is 9.77. The van der Waals surface area contributed by atoms with Gasteiger partial charge in [-0.1, -0.05) is 40.9 Å². The van der Waals surface area contributed by atoms with Crippen LogP contribution in [0.15, 0.2) is 36.4 Å². The summed E-state index contributed by atoms with van der Waals surface area (Å²) in [5.74, 6) is 0.713. The van der Waals surface area contributed by atoms with Crippen LogP contribution in [0.5, 0.6) is 5.75 Å². The van der Waals surface area contributed by atoms with E-state index in [1.54, 1.807) is 12.1 Å². The zero-order valence-corrected chi connectivity index (χ0v) is 17.2. The predicted molar refractivity (Wildman–Crippen MR) is 108 cm³/mol. The van der Waals surface area contributed by atoms with Crippen LogP contribution >= 0.6 is 23.2 Å². The van der Waals surface area contributed by atoms with Gasteiger partial charge < -0.3 is 14.0 Å². The van der Waals surface area contributed by atoms with Crippen molar-refractivity contribution < 1.29 is 14.0 Å². The number of hydrogen-bond donors (Lipinski definition) is 0. The molecule has 0 aliphatic carbocycles. The van der Waals surface area contributed by atoms with Crippen molar-refractivity contribution in [3.8, 4) is 5.75 Å². The minimum Gasteiger partial charge on any atom is -0.489 e. The van der Waals surface area contributed by atoms with Gasteiger partial charge in [-0.3, -0.25) is 0 Å². The van der Waals surface area contributed by atoms with Crippen molar-refractivity contribution >= 4 is 35.8 Å². The summed E-state index contributed by atoms with van der Waals surface area (Å²) in [6.45, 7) is 10.5. The molecule has 1 heterocycles. The Bertz CT molecular complexity index is 805. The third kappa shape index (κ3) is 3.89. The van der Waals surface area contributed by atoms with Crippen LogP contribution < -0.4 is 10.2 Å². The van der Waals surface area contributed by atoms with Gasteiger partial charge >= 0.3 is 7.12 Å². The molecule has 0 unspecified atom stereocenters. The number of benzene rings is 2. The van der Waals surface area contributed by atoms with Crippen LogP contribution in [0.4, 0.5) is 0 Å². The molecule has 2 aromatic rings. The second kappa shape index (κ2) is 7.08. The molecule has 0 N–H and O–H groups in total. The lowest BCUT2D eigenvalue weighted by Crippen LogP contribution is -2.41. The molecular weight excluding hydrogens is 370 g/mol. The fraction of sp³-hybridized carbons (Fsp3) is 0.400. The molecule has 0 amide bonds. The predicted octanol–water partition coefficient (Wildman–Crippen LogP) is 5.18. The highest BCUT2D eigenvalue weighted by Gasteiger charge is 2.52. The van der Waals surface area contributed by atoms with E-state index in [9.17, 15) is 0 Å². The first-order valence-corrected chi connectivity index (χ1v) is 9.37. The zero-order chi connectivity index (χ0) is 19.1. The highest BCUT2D eigenvalue weighted by atomic mass is 35.5. The molecule has 0 saturated carbocycles. The van der Waals surface area contributed by atoms with Gasteiger partial charge in [-0.25, -0.2) is 0 Å². The van der Waals surface area contributed by atoms with Crippen molar-refractivity contribution in [2.45, 2.75) is 52.4 Å². The number of aryl methyl sites for hydroxylation is 1. The van der Waals surface area contributed by atoms with Gasteiger partial charge in [0.15, 0.2) is 0 Å². The highest BCUT2D eigenvalue weighted by molar-refractivity contribution is 6.63. The van der Waals surface area contributed by atoms with Crippen LogP contribution in [0, 0.1) is 6.92 Å². The number of hydrogen-bond acceptors (Lipinski definition) is 3. The summed E-state index contributed by atoms with van der Waals surface area (Å²) in [6.07, 6.45) is 0. The molecule has 3 rings (SSSR count). The molecule has 3 nitrogen and oxygen atoms in total. The quantitative estimate of drug-likeness (QED) is 0.671. The Morgan fingerprint density at radius 3 is 2.27 bits per heavy atom. The first-order valence-electron chi connectivity index (χ1n) is 8.62. The summed E-state index contributed by atoms with van der Waals surface area (Å²) in [6, 6.07) is 11.3. The van der Waals surface area contributed by atoms with Gasteiger partial charge in [0.25, 0.3) is 0 Å². The second-order valence-corrected chi connectivity index (χ2v) is 8.50. The minimum absolute atomic E-state index is 0.314. The third-order valence-electron chi connectivity index (χ3n) is 5.06. The van der Waals surface area contributed by atoms with E-state index in [4.69, 9.17) is 37.2 Å². The smallest absolute Gasteiger partial charge is 0.489 e. The van der Waals surface area contributed by atoms with Gasteiger partial charge in [0.05, 0.1) is 11.2 Å². The molecule has 2 aromatic carbocycles. The van der Waals surface area contributed by atoms with E-state index in [1.165, 1.54) is 0 Å². The number of halogens is 2. The Kier molecular flexibility index (Phi) is 5.33. The molecule has 1 aliphatic rings. The minimum atomic E-state index is -0.482. The fourth-order valence-electron chi connectivity index (χ4n) is 2.76. The Balaban J connectivity index is 1.86. The van der Waals surface area contributed by atoms with Crippen molar-refractivity contribution in [1.29, 1.82) is 0 Å². The molecule has 0 atom stereocenters. The molecule has 0 radical (unpaired) electrons. The summed E-state index contributed by atoms with van der Waals surface area (Å²) < 4.78 is 18.4. The molecule has 0 spiro atoms. The Labute approximate surface area is 165 Å². The van der Waals surface area contributed by atoms with Crippen LogP contribution in [0.25, 0.3) is 0 Å². The number of ether oxygens (including phenoxy) is 1. The molecule has 138 valence electrons. The summed E-state index contributed by atoms with van der Waals surface area (Å²) in [7, 11) is -0.482. The Morgan fingerprint density at radius 1 is 0.962 bits per heavy atom. The molecule has 1 fully saturated rings. The standard InChI is InChI=1S/C20H23BCl2O3/c1-13-6-9-18(24-12-14-11-15(22)7-8-17(14)23)16(10-13)21-25-19(2,3)20(4,5)26-21/h6-11H,12H2,1-5H3. The second-order valence-electron chi connectivity index (χ2n) is 7.65. The van der Waals surface area contributed by atoms with E-state index in [0.717, 1.165) is 16.6 Å². The van der Waals surface area contributed by atoms with Crippen LogP contribution in [0.1, 0.15) is 38.8 Å². The summed E-state index contributed by atoms with van der Waals surface area (Å²) in [5.41, 5.74) is 2.01. The van der Waals surface area contributed by atoms with Crippen LogP contribution in [-0.4, -0.2) is 18.3 Å². The number of rotatable bonds is 4. The van der Waals surface area contributed by atoms with Crippen LogP contribution in [-0.2, 0) is 15.9 Å².